The lowest BCUT2D eigenvalue weighted by Crippen LogP contribution is -2.25. The number of aryl methyl sites for hydroxylation is 1. The lowest BCUT2D eigenvalue weighted by Gasteiger charge is -2.13. The van der Waals surface area contributed by atoms with E-state index in [1.165, 1.54) is 19.3 Å². The first kappa shape index (κ1) is 31.7. The zero-order chi connectivity index (χ0) is 27.3. The molecule has 1 amide bonds. The number of amides is 1. The van der Waals surface area contributed by atoms with Crippen LogP contribution in [0.25, 0.3) is 10.9 Å². The molecule has 1 heterocycles. The third kappa shape index (κ3) is 10.3. The van der Waals surface area contributed by atoms with Crippen LogP contribution in [-0.4, -0.2) is 23.5 Å². The van der Waals surface area contributed by atoms with Gasteiger partial charge in [0.05, 0.1) is 15.6 Å². The van der Waals surface area contributed by atoms with E-state index in [0.29, 0.717) is 26.1 Å². The summed E-state index contributed by atoms with van der Waals surface area (Å²) in [7, 11) is 0. The Hall–Kier alpha value is -2.32. The van der Waals surface area contributed by atoms with E-state index in [1.807, 2.05) is 31.3 Å². The first-order chi connectivity index (χ1) is 17.1. The summed E-state index contributed by atoms with van der Waals surface area (Å²) in [6, 6.07) is 9.08. The van der Waals surface area contributed by atoms with E-state index < -0.39 is 11.9 Å². The molecule has 0 unspecified atom stereocenters. The molecule has 0 fully saturated rings. The van der Waals surface area contributed by atoms with Crippen molar-refractivity contribution < 1.29 is 19.1 Å². The quantitative estimate of drug-likeness (QED) is 0.211. The number of hydrogen-bond acceptors (Lipinski definition) is 4. The highest BCUT2D eigenvalue weighted by Gasteiger charge is 2.17. The fourth-order valence-electron chi connectivity index (χ4n) is 2.53. The van der Waals surface area contributed by atoms with Gasteiger partial charge in [0.2, 0.25) is 0 Å². The maximum absolute atomic E-state index is 11.8. The topological polar surface area (TPSA) is 80.4 Å². The van der Waals surface area contributed by atoms with Gasteiger partial charge in [-0.1, -0.05) is 53.9 Å². The highest BCUT2D eigenvalue weighted by Crippen LogP contribution is 2.40. The van der Waals surface area contributed by atoms with Crippen molar-refractivity contribution >= 4 is 60.3 Å². The zero-order valence-corrected chi connectivity index (χ0v) is 25.4. The molecule has 1 aromatic heterocycles. The Morgan fingerprint density at radius 1 is 1.00 bits per heavy atom. The first-order valence-electron chi connectivity index (χ1n) is 12.3. The number of anilines is 1. The Morgan fingerprint density at radius 2 is 1.58 bits per heavy atom. The molecule has 0 aliphatic rings. The van der Waals surface area contributed by atoms with Crippen LogP contribution < -0.4 is 10.1 Å². The Bertz CT molecular complexity index is 1100. The molecular weight excluding hydrogens is 588 g/mol. The first-order valence-corrected chi connectivity index (χ1v) is 13.9. The number of halogens is 2. The van der Waals surface area contributed by atoms with Gasteiger partial charge in [0.1, 0.15) is 5.75 Å². The Balaban J connectivity index is 0.000000620. The standard InChI is InChI=1S/C19H16Br2N2O4.C5H12.C4H10/c1-3-26-19(25)18(24)23-11-6-14(20)17(15(21)7-11)27-12-4-5-16-13(8-12)10(2)9-22-16;1-4-5(2)3;1-3-4-2/h4-9,22H,3H2,1-2H3,(H,23,24);5H,4H2,1-3H3;3-4H2,1-2H3. The van der Waals surface area contributed by atoms with Gasteiger partial charge in [-0.2, -0.15) is 0 Å². The molecule has 0 saturated heterocycles. The Kier molecular flexibility index (Phi) is 14.5. The van der Waals surface area contributed by atoms with Crippen molar-refractivity contribution in [2.24, 2.45) is 5.92 Å². The van der Waals surface area contributed by atoms with E-state index >= 15 is 0 Å². The second-order valence-corrected chi connectivity index (χ2v) is 10.2. The lowest BCUT2D eigenvalue weighted by molar-refractivity contribution is -0.152. The van der Waals surface area contributed by atoms with Gasteiger partial charge in [-0.25, -0.2) is 4.79 Å². The van der Waals surface area contributed by atoms with Crippen molar-refractivity contribution in [1.82, 2.24) is 4.98 Å². The van der Waals surface area contributed by atoms with Gasteiger partial charge in [0.25, 0.3) is 0 Å². The van der Waals surface area contributed by atoms with Gasteiger partial charge in [-0.05, 0) is 87.5 Å². The van der Waals surface area contributed by atoms with Crippen molar-refractivity contribution in [3.63, 3.8) is 0 Å². The predicted molar refractivity (Wildman–Crippen MR) is 156 cm³/mol. The monoisotopic (exact) mass is 624 g/mol. The van der Waals surface area contributed by atoms with E-state index in [9.17, 15) is 9.59 Å². The number of benzene rings is 2. The van der Waals surface area contributed by atoms with Gasteiger partial charge < -0.3 is 19.8 Å². The fourth-order valence-corrected chi connectivity index (χ4v) is 3.88. The van der Waals surface area contributed by atoms with Gasteiger partial charge in [0.15, 0.2) is 5.75 Å². The summed E-state index contributed by atoms with van der Waals surface area (Å²) in [5.41, 5.74) is 2.59. The molecule has 3 aromatic rings. The van der Waals surface area contributed by atoms with Crippen LogP contribution >= 0.6 is 31.9 Å². The van der Waals surface area contributed by atoms with Crippen molar-refractivity contribution in [2.45, 2.75) is 67.7 Å². The number of fused-ring (bicyclic) bond motifs is 1. The number of carbonyl (C=O) groups is 2. The zero-order valence-electron chi connectivity index (χ0n) is 22.3. The molecule has 0 aliphatic heterocycles. The lowest BCUT2D eigenvalue weighted by atomic mass is 10.2. The molecule has 0 spiro atoms. The molecule has 36 heavy (non-hydrogen) atoms. The number of rotatable bonds is 6. The number of hydrogen-bond donors (Lipinski definition) is 2. The van der Waals surface area contributed by atoms with Gasteiger partial charge >= 0.3 is 11.9 Å². The van der Waals surface area contributed by atoms with Crippen LogP contribution in [-0.2, 0) is 14.3 Å². The number of aromatic amines is 1. The summed E-state index contributed by atoms with van der Waals surface area (Å²) in [6.45, 7) is 14.8. The van der Waals surface area contributed by atoms with Crippen LogP contribution in [0, 0.1) is 12.8 Å². The fraction of sp³-hybridized carbons (Fsp3) is 0.429. The predicted octanol–water partition coefficient (Wildman–Crippen LogP) is 9.15. The highest BCUT2D eigenvalue weighted by atomic mass is 79.9. The maximum atomic E-state index is 11.8. The largest absolute Gasteiger partial charge is 0.459 e. The van der Waals surface area contributed by atoms with E-state index in [0.717, 1.165) is 22.4 Å². The third-order valence-electron chi connectivity index (χ3n) is 5.11. The van der Waals surface area contributed by atoms with Crippen LogP contribution in [0.1, 0.15) is 66.4 Å². The normalized spacial score (nSPS) is 10.2. The number of aromatic nitrogens is 1. The minimum Gasteiger partial charge on any atom is -0.459 e. The van der Waals surface area contributed by atoms with E-state index in [2.05, 4.69) is 81.5 Å². The molecule has 0 saturated carbocycles. The highest BCUT2D eigenvalue weighted by molar-refractivity contribution is 9.11. The van der Waals surface area contributed by atoms with Crippen molar-refractivity contribution in [2.75, 3.05) is 11.9 Å². The van der Waals surface area contributed by atoms with Gasteiger partial charge in [0, 0.05) is 22.8 Å². The Morgan fingerprint density at radius 3 is 2.08 bits per heavy atom. The van der Waals surface area contributed by atoms with Gasteiger partial charge in [-0.3, -0.25) is 4.79 Å². The summed E-state index contributed by atoms with van der Waals surface area (Å²) in [5, 5.41) is 3.58. The second-order valence-electron chi connectivity index (χ2n) is 8.53. The number of carbonyl (C=O) groups excluding carboxylic acids is 2. The van der Waals surface area contributed by atoms with Crippen molar-refractivity contribution in [1.29, 1.82) is 0 Å². The summed E-state index contributed by atoms with van der Waals surface area (Å²) >= 11 is 6.88. The summed E-state index contributed by atoms with van der Waals surface area (Å²) < 4.78 is 11.9. The molecule has 6 nitrogen and oxygen atoms in total. The molecule has 8 heteroatoms. The minimum absolute atomic E-state index is 0.136. The molecule has 198 valence electrons. The molecular formula is C28H38Br2N2O4. The number of H-pyrrole nitrogens is 1. The van der Waals surface area contributed by atoms with Crippen molar-refractivity contribution in [3.05, 3.63) is 51.0 Å². The van der Waals surface area contributed by atoms with Crippen LogP contribution in [0.3, 0.4) is 0 Å². The van der Waals surface area contributed by atoms with Crippen LogP contribution in [0.5, 0.6) is 11.5 Å². The third-order valence-corrected chi connectivity index (χ3v) is 6.29. The average molecular weight is 626 g/mol. The van der Waals surface area contributed by atoms with E-state index in [4.69, 9.17) is 4.74 Å². The smallest absolute Gasteiger partial charge is 0.397 e. The van der Waals surface area contributed by atoms with Crippen molar-refractivity contribution in [3.8, 4) is 11.5 Å². The maximum Gasteiger partial charge on any atom is 0.397 e. The molecule has 2 N–H and O–H groups in total. The number of esters is 1. The number of unbranched alkanes of at least 4 members (excludes halogenated alkanes) is 1. The summed E-state index contributed by atoms with van der Waals surface area (Å²) in [4.78, 5) is 26.4. The Labute approximate surface area is 231 Å². The van der Waals surface area contributed by atoms with Crippen LogP contribution in [0.2, 0.25) is 0 Å². The van der Waals surface area contributed by atoms with Crippen LogP contribution in [0.15, 0.2) is 45.5 Å². The molecule has 0 bridgehead atoms. The summed E-state index contributed by atoms with van der Waals surface area (Å²) in [5.74, 6) is 0.347. The van der Waals surface area contributed by atoms with E-state index in [-0.39, 0.29) is 6.61 Å². The molecule has 3 rings (SSSR count). The number of nitrogens with one attached hydrogen (secondary N) is 2. The molecule has 2 aromatic carbocycles. The minimum atomic E-state index is -0.930. The molecule has 0 radical (unpaired) electrons. The SMILES string of the molecule is CCC(C)C.CCCC.CCOC(=O)C(=O)Nc1cc(Br)c(Oc2ccc3[nH]cc(C)c3c2)c(Br)c1. The molecule has 0 aliphatic carbocycles. The summed E-state index contributed by atoms with van der Waals surface area (Å²) in [6.07, 6.45) is 5.89. The average Bonchev–Trinajstić information content (AvgIpc) is 3.22. The van der Waals surface area contributed by atoms with Gasteiger partial charge in [-0.15, -0.1) is 0 Å². The number of ether oxygens (including phenoxy) is 2. The van der Waals surface area contributed by atoms with E-state index in [1.54, 1.807) is 19.1 Å². The second kappa shape index (κ2) is 16.4. The molecule has 0 atom stereocenters. The van der Waals surface area contributed by atoms with Crippen LogP contribution in [0.4, 0.5) is 5.69 Å².